The summed E-state index contributed by atoms with van der Waals surface area (Å²) >= 11 is 0. The van der Waals surface area contributed by atoms with Crippen molar-refractivity contribution in [1.29, 1.82) is 0 Å². The molecule has 0 atom stereocenters. The molecule has 0 saturated carbocycles. The average Bonchev–Trinajstić information content (AvgIpc) is 2.45. The molecular weight excluding hydrogens is 248 g/mol. The van der Waals surface area contributed by atoms with Crippen LogP contribution in [-0.4, -0.2) is 44.2 Å². The molecule has 0 amide bonds. The predicted octanol–water partition coefficient (Wildman–Crippen LogP) is 2.54. The van der Waals surface area contributed by atoms with Crippen molar-refractivity contribution in [2.24, 2.45) is 0 Å². The molecule has 0 spiro atoms. The smallest absolute Gasteiger partial charge is 0.119 e. The summed E-state index contributed by atoms with van der Waals surface area (Å²) in [6.45, 7) is 13.1. The maximum Gasteiger partial charge on any atom is 0.119 e. The van der Waals surface area contributed by atoms with Gasteiger partial charge in [-0.3, -0.25) is 0 Å². The van der Waals surface area contributed by atoms with Crippen LogP contribution < -0.4 is 10.1 Å². The van der Waals surface area contributed by atoms with E-state index in [-0.39, 0.29) is 0 Å². The van der Waals surface area contributed by atoms with Crippen molar-refractivity contribution in [3.05, 3.63) is 28.8 Å². The van der Waals surface area contributed by atoms with Gasteiger partial charge in [0.1, 0.15) is 5.75 Å². The number of rotatable bonds is 6. The Morgan fingerprint density at radius 1 is 1.15 bits per heavy atom. The first-order valence-electron chi connectivity index (χ1n) is 7.86. The zero-order valence-corrected chi connectivity index (χ0v) is 13.2. The highest BCUT2D eigenvalue weighted by molar-refractivity contribution is 5.41. The molecule has 1 aromatic carbocycles. The van der Waals surface area contributed by atoms with Crippen LogP contribution in [0.4, 0.5) is 0 Å². The molecule has 3 nitrogen and oxygen atoms in total. The third-order valence-corrected chi connectivity index (χ3v) is 4.03. The second-order valence-electron chi connectivity index (χ2n) is 5.73. The maximum atomic E-state index is 5.75. The van der Waals surface area contributed by atoms with Crippen LogP contribution in [0.3, 0.4) is 0 Å². The minimum atomic E-state index is 0.805. The lowest BCUT2D eigenvalue weighted by Crippen LogP contribution is -2.44. The fraction of sp³-hybridized carbons (Fsp3) is 0.647. The van der Waals surface area contributed by atoms with E-state index in [4.69, 9.17) is 4.74 Å². The van der Waals surface area contributed by atoms with Crippen molar-refractivity contribution >= 4 is 0 Å². The van der Waals surface area contributed by atoms with Crippen molar-refractivity contribution in [2.45, 2.75) is 33.6 Å². The summed E-state index contributed by atoms with van der Waals surface area (Å²) in [5.41, 5.74) is 4.23. The normalized spacial score (nSPS) is 16.4. The third-order valence-electron chi connectivity index (χ3n) is 4.03. The fourth-order valence-electron chi connectivity index (χ4n) is 2.86. The average molecular weight is 276 g/mol. The van der Waals surface area contributed by atoms with Gasteiger partial charge in [0.05, 0.1) is 6.61 Å². The lowest BCUT2D eigenvalue weighted by Gasteiger charge is -2.27. The van der Waals surface area contributed by atoms with Crippen molar-refractivity contribution in [2.75, 3.05) is 39.3 Å². The van der Waals surface area contributed by atoms with Gasteiger partial charge in [0.25, 0.3) is 0 Å². The molecule has 0 unspecified atom stereocenters. The summed E-state index contributed by atoms with van der Waals surface area (Å²) in [6.07, 6.45) is 2.20. The molecule has 1 aromatic rings. The van der Waals surface area contributed by atoms with Gasteiger partial charge in [-0.25, -0.2) is 0 Å². The SMILES string of the molecule is CCCOc1cc(C)c(CCN2CCNCC2)c(C)c1. The van der Waals surface area contributed by atoms with Gasteiger partial charge in [0, 0.05) is 32.7 Å². The number of aryl methyl sites for hydroxylation is 2. The molecule has 1 aliphatic rings. The summed E-state index contributed by atoms with van der Waals surface area (Å²) in [4.78, 5) is 2.55. The lowest BCUT2D eigenvalue weighted by molar-refractivity contribution is 0.243. The van der Waals surface area contributed by atoms with E-state index < -0.39 is 0 Å². The third kappa shape index (κ3) is 4.22. The monoisotopic (exact) mass is 276 g/mol. The number of ether oxygens (including phenoxy) is 1. The number of nitrogens with zero attached hydrogens (tertiary/aromatic N) is 1. The molecule has 1 saturated heterocycles. The molecule has 112 valence electrons. The van der Waals surface area contributed by atoms with Gasteiger partial charge in [-0.1, -0.05) is 6.92 Å². The Hall–Kier alpha value is -1.06. The van der Waals surface area contributed by atoms with Crippen LogP contribution in [0.2, 0.25) is 0 Å². The first-order valence-corrected chi connectivity index (χ1v) is 7.86. The minimum absolute atomic E-state index is 0.805. The Morgan fingerprint density at radius 2 is 1.80 bits per heavy atom. The van der Waals surface area contributed by atoms with Crippen LogP contribution in [0.5, 0.6) is 5.75 Å². The summed E-state index contributed by atoms with van der Waals surface area (Å²) in [5.74, 6) is 1.02. The molecule has 1 N–H and O–H groups in total. The highest BCUT2D eigenvalue weighted by Gasteiger charge is 2.11. The zero-order valence-electron chi connectivity index (χ0n) is 13.2. The first-order chi connectivity index (χ1) is 9.70. The largest absolute Gasteiger partial charge is 0.494 e. The highest BCUT2D eigenvalue weighted by Crippen LogP contribution is 2.22. The van der Waals surface area contributed by atoms with Crippen LogP contribution in [0, 0.1) is 13.8 Å². The Bertz CT molecular complexity index is 402. The molecule has 0 radical (unpaired) electrons. The van der Waals surface area contributed by atoms with E-state index >= 15 is 0 Å². The van der Waals surface area contributed by atoms with Crippen LogP contribution >= 0.6 is 0 Å². The van der Waals surface area contributed by atoms with Crippen molar-refractivity contribution in [3.63, 3.8) is 0 Å². The minimum Gasteiger partial charge on any atom is -0.494 e. The van der Waals surface area contributed by atoms with Crippen molar-refractivity contribution < 1.29 is 4.74 Å². The summed E-state index contributed by atoms with van der Waals surface area (Å²) in [5, 5.41) is 3.40. The molecule has 1 aliphatic heterocycles. The summed E-state index contributed by atoms with van der Waals surface area (Å²) in [7, 11) is 0. The van der Waals surface area contributed by atoms with Crippen molar-refractivity contribution in [1.82, 2.24) is 10.2 Å². The van der Waals surface area contributed by atoms with E-state index in [2.05, 4.69) is 43.1 Å². The van der Waals surface area contributed by atoms with Gasteiger partial charge in [0.15, 0.2) is 0 Å². The van der Waals surface area contributed by atoms with E-state index in [0.717, 1.165) is 38.3 Å². The van der Waals surface area contributed by atoms with E-state index in [1.807, 2.05) is 0 Å². The van der Waals surface area contributed by atoms with E-state index in [1.54, 1.807) is 0 Å². The second-order valence-corrected chi connectivity index (χ2v) is 5.73. The van der Waals surface area contributed by atoms with Gasteiger partial charge < -0.3 is 15.0 Å². The van der Waals surface area contributed by atoms with Crippen LogP contribution in [-0.2, 0) is 6.42 Å². The van der Waals surface area contributed by atoms with Crippen LogP contribution in [0.15, 0.2) is 12.1 Å². The van der Waals surface area contributed by atoms with Crippen molar-refractivity contribution in [3.8, 4) is 5.75 Å². The molecule has 0 bridgehead atoms. The van der Waals surface area contributed by atoms with E-state index in [1.165, 1.54) is 36.3 Å². The fourth-order valence-corrected chi connectivity index (χ4v) is 2.86. The zero-order chi connectivity index (χ0) is 14.4. The van der Waals surface area contributed by atoms with Gasteiger partial charge in [-0.2, -0.15) is 0 Å². The maximum absolute atomic E-state index is 5.75. The highest BCUT2D eigenvalue weighted by atomic mass is 16.5. The lowest BCUT2D eigenvalue weighted by atomic mass is 9.99. The summed E-state index contributed by atoms with van der Waals surface area (Å²) < 4.78 is 5.75. The van der Waals surface area contributed by atoms with Gasteiger partial charge in [-0.05, 0) is 55.5 Å². The molecule has 0 aromatic heterocycles. The number of hydrogen-bond acceptors (Lipinski definition) is 3. The molecule has 3 heteroatoms. The second kappa shape index (κ2) is 7.65. The van der Waals surface area contributed by atoms with E-state index in [0.29, 0.717) is 0 Å². The standard InChI is InChI=1S/C17H28N2O/c1-4-11-20-16-12-14(2)17(15(3)13-16)5-8-19-9-6-18-7-10-19/h12-13,18H,4-11H2,1-3H3. The number of nitrogens with one attached hydrogen (secondary N) is 1. The summed E-state index contributed by atoms with van der Waals surface area (Å²) in [6, 6.07) is 4.38. The van der Waals surface area contributed by atoms with Gasteiger partial charge >= 0.3 is 0 Å². The number of piperazine rings is 1. The first kappa shape index (κ1) is 15.3. The molecule has 2 rings (SSSR count). The molecule has 1 fully saturated rings. The van der Waals surface area contributed by atoms with Crippen LogP contribution in [0.1, 0.15) is 30.0 Å². The Labute approximate surface area is 123 Å². The molecule has 20 heavy (non-hydrogen) atoms. The Kier molecular flexibility index (Phi) is 5.86. The topological polar surface area (TPSA) is 24.5 Å². The molecule has 1 heterocycles. The Balaban J connectivity index is 1.96. The predicted molar refractivity (Wildman–Crippen MR) is 84.7 cm³/mol. The Morgan fingerprint density at radius 3 is 2.40 bits per heavy atom. The molecular formula is C17H28N2O. The molecule has 0 aliphatic carbocycles. The van der Waals surface area contributed by atoms with Gasteiger partial charge in [0.2, 0.25) is 0 Å². The number of hydrogen-bond donors (Lipinski definition) is 1. The van der Waals surface area contributed by atoms with Crippen LogP contribution in [0.25, 0.3) is 0 Å². The number of benzene rings is 1. The quantitative estimate of drug-likeness (QED) is 0.864. The van der Waals surface area contributed by atoms with E-state index in [9.17, 15) is 0 Å². The van der Waals surface area contributed by atoms with Gasteiger partial charge in [-0.15, -0.1) is 0 Å².